The first kappa shape index (κ1) is 14.5. The SMILES string of the molecule is Nc1ccc(Br)c(-c2nnnn2-c2cc(Br)ccc2Cl)c1. The average molecular weight is 430 g/mol. The largest absolute Gasteiger partial charge is 0.399 e. The molecule has 0 aliphatic heterocycles. The topological polar surface area (TPSA) is 69.6 Å². The van der Waals surface area contributed by atoms with Gasteiger partial charge in [0.25, 0.3) is 0 Å². The molecule has 0 aliphatic carbocycles. The van der Waals surface area contributed by atoms with Gasteiger partial charge in [0.05, 0.1) is 10.7 Å². The molecule has 0 atom stereocenters. The molecule has 21 heavy (non-hydrogen) atoms. The molecule has 0 unspecified atom stereocenters. The summed E-state index contributed by atoms with van der Waals surface area (Å²) in [5.41, 5.74) is 7.94. The second kappa shape index (κ2) is 5.75. The van der Waals surface area contributed by atoms with Crippen molar-refractivity contribution in [1.82, 2.24) is 20.2 Å². The molecule has 0 amide bonds. The summed E-state index contributed by atoms with van der Waals surface area (Å²) in [6, 6.07) is 10.9. The summed E-state index contributed by atoms with van der Waals surface area (Å²) in [4.78, 5) is 0. The lowest BCUT2D eigenvalue weighted by atomic mass is 10.2. The zero-order valence-corrected chi connectivity index (χ0v) is 14.4. The zero-order chi connectivity index (χ0) is 15.0. The highest BCUT2D eigenvalue weighted by atomic mass is 79.9. The molecular formula is C13H8Br2ClN5. The van der Waals surface area contributed by atoms with Gasteiger partial charge in [0.2, 0.25) is 0 Å². The van der Waals surface area contributed by atoms with Crippen LogP contribution in [0.2, 0.25) is 5.02 Å². The molecule has 3 aromatic rings. The molecule has 0 aliphatic rings. The number of hydrogen-bond acceptors (Lipinski definition) is 4. The minimum absolute atomic E-state index is 0.548. The highest BCUT2D eigenvalue weighted by Gasteiger charge is 2.16. The summed E-state index contributed by atoms with van der Waals surface area (Å²) in [7, 11) is 0. The van der Waals surface area contributed by atoms with Crippen molar-refractivity contribution in [2.24, 2.45) is 0 Å². The first-order valence-electron chi connectivity index (χ1n) is 5.85. The fraction of sp³-hybridized carbons (Fsp3) is 0. The lowest BCUT2D eigenvalue weighted by molar-refractivity contribution is 0.791. The van der Waals surface area contributed by atoms with Gasteiger partial charge in [0.1, 0.15) is 0 Å². The van der Waals surface area contributed by atoms with E-state index in [4.69, 9.17) is 17.3 Å². The van der Waals surface area contributed by atoms with Gasteiger partial charge in [-0.15, -0.1) is 5.10 Å². The van der Waals surface area contributed by atoms with Crippen LogP contribution in [-0.2, 0) is 0 Å². The molecule has 1 aromatic heterocycles. The Balaban J connectivity index is 2.22. The van der Waals surface area contributed by atoms with Crippen molar-refractivity contribution in [3.63, 3.8) is 0 Å². The van der Waals surface area contributed by atoms with Gasteiger partial charge in [0, 0.05) is 20.2 Å². The normalized spacial score (nSPS) is 10.8. The lowest BCUT2D eigenvalue weighted by Gasteiger charge is -2.09. The third-order valence-electron chi connectivity index (χ3n) is 2.84. The predicted octanol–water partition coefficient (Wildman–Crippen LogP) is 4.09. The Bertz CT molecular complexity index is 752. The van der Waals surface area contributed by atoms with Crippen molar-refractivity contribution in [3.8, 4) is 17.1 Å². The Labute approximate surface area is 142 Å². The number of nitrogens with zero attached hydrogens (tertiary/aromatic N) is 4. The molecule has 0 bridgehead atoms. The molecule has 0 saturated carbocycles. The van der Waals surface area contributed by atoms with E-state index in [9.17, 15) is 0 Å². The van der Waals surface area contributed by atoms with E-state index in [1.807, 2.05) is 18.2 Å². The van der Waals surface area contributed by atoms with Crippen LogP contribution in [0.15, 0.2) is 45.3 Å². The third-order valence-corrected chi connectivity index (χ3v) is 4.34. The Kier molecular flexibility index (Phi) is 3.97. The van der Waals surface area contributed by atoms with Crippen LogP contribution in [0.3, 0.4) is 0 Å². The highest BCUT2D eigenvalue weighted by Crippen LogP contribution is 2.32. The van der Waals surface area contributed by atoms with Crippen LogP contribution in [0, 0.1) is 0 Å². The van der Waals surface area contributed by atoms with Gasteiger partial charge in [-0.05, 0) is 46.8 Å². The Morgan fingerprint density at radius 3 is 2.71 bits per heavy atom. The number of aromatic nitrogens is 4. The lowest BCUT2D eigenvalue weighted by Crippen LogP contribution is -2.01. The van der Waals surface area contributed by atoms with Gasteiger partial charge in [-0.2, -0.15) is 4.68 Å². The van der Waals surface area contributed by atoms with Crippen LogP contribution in [0.25, 0.3) is 17.1 Å². The highest BCUT2D eigenvalue weighted by molar-refractivity contribution is 9.10. The van der Waals surface area contributed by atoms with E-state index < -0.39 is 0 Å². The minimum atomic E-state index is 0.548. The maximum Gasteiger partial charge on any atom is 0.188 e. The van der Waals surface area contributed by atoms with Crippen LogP contribution < -0.4 is 5.73 Å². The first-order chi connectivity index (χ1) is 10.1. The van der Waals surface area contributed by atoms with Crippen molar-refractivity contribution in [3.05, 3.63) is 50.4 Å². The molecule has 0 radical (unpaired) electrons. The molecule has 1 heterocycles. The average Bonchev–Trinajstić information content (AvgIpc) is 2.93. The van der Waals surface area contributed by atoms with E-state index in [0.29, 0.717) is 22.2 Å². The fourth-order valence-electron chi connectivity index (χ4n) is 1.88. The molecule has 0 fully saturated rings. The van der Waals surface area contributed by atoms with Crippen molar-refractivity contribution in [2.75, 3.05) is 5.73 Å². The number of hydrogen-bond donors (Lipinski definition) is 1. The standard InChI is InChI=1S/C13H8Br2ClN5/c14-7-1-4-11(16)12(5-7)21-13(18-19-20-21)9-6-8(17)2-3-10(9)15/h1-6H,17H2. The number of halogens is 3. The van der Waals surface area contributed by atoms with Crippen LogP contribution in [0.1, 0.15) is 0 Å². The number of benzene rings is 2. The molecule has 3 rings (SSSR count). The van der Waals surface area contributed by atoms with Gasteiger partial charge in [-0.1, -0.05) is 43.5 Å². The van der Waals surface area contributed by atoms with Crippen LogP contribution in [0.5, 0.6) is 0 Å². The van der Waals surface area contributed by atoms with E-state index in [2.05, 4.69) is 47.4 Å². The molecule has 2 N–H and O–H groups in total. The quantitative estimate of drug-likeness (QED) is 0.623. The van der Waals surface area contributed by atoms with Gasteiger partial charge in [0.15, 0.2) is 5.82 Å². The molecule has 2 aromatic carbocycles. The van der Waals surface area contributed by atoms with Gasteiger partial charge in [-0.25, -0.2) is 0 Å². The van der Waals surface area contributed by atoms with Crippen molar-refractivity contribution >= 4 is 49.1 Å². The summed E-state index contributed by atoms with van der Waals surface area (Å²) < 4.78 is 3.31. The van der Waals surface area contributed by atoms with Crippen LogP contribution in [0.4, 0.5) is 5.69 Å². The number of rotatable bonds is 2. The van der Waals surface area contributed by atoms with Crippen molar-refractivity contribution in [2.45, 2.75) is 0 Å². The van der Waals surface area contributed by atoms with E-state index in [-0.39, 0.29) is 0 Å². The van der Waals surface area contributed by atoms with Gasteiger partial charge in [-0.3, -0.25) is 0 Å². The predicted molar refractivity (Wildman–Crippen MR) is 89.4 cm³/mol. The molecule has 0 spiro atoms. The van der Waals surface area contributed by atoms with Crippen molar-refractivity contribution < 1.29 is 0 Å². The molecule has 5 nitrogen and oxygen atoms in total. The Morgan fingerprint density at radius 2 is 1.90 bits per heavy atom. The summed E-state index contributed by atoms with van der Waals surface area (Å²) >= 11 is 13.1. The number of tetrazole rings is 1. The molecular weight excluding hydrogens is 421 g/mol. The summed E-state index contributed by atoms with van der Waals surface area (Å²) in [5.74, 6) is 0.550. The summed E-state index contributed by atoms with van der Waals surface area (Å²) in [6.07, 6.45) is 0. The second-order valence-corrected chi connectivity index (χ2v) is 6.43. The van der Waals surface area contributed by atoms with Crippen LogP contribution >= 0.6 is 43.5 Å². The molecule has 106 valence electrons. The molecule has 8 heteroatoms. The van der Waals surface area contributed by atoms with Gasteiger partial charge < -0.3 is 5.73 Å². The first-order valence-corrected chi connectivity index (χ1v) is 7.82. The second-order valence-electron chi connectivity index (χ2n) is 4.25. The minimum Gasteiger partial charge on any atom is -0.399 e. The zero-order valence-electron chi connectivity index (χ0n) is 10.5. The fourth-order valence-corrected chi connectivity index (χ4v) is 2.85. The summed E-state index contributed by atoms with van der Waals surface area (Å²) in [6.45, 7) is 0. The Hall–Kier alpha value is -1.44. The summed E-state index contributed by atoms with van der Waals surface area (Å²) in [5, 5.41) is 12.4. The van der Waals surface area contributed by atoms with E-state index in [1.54, 1.807) is 22.9 Å². The maximum atomic E-state index is 6.24. The molecule has 0 saturated heterocycles. The number of nitrogen functional groups attached to an aromatic ring is 1. The smallest absolute Gasteiger partial charge is 0.188 e. The van der Waals surface area contributed by atoms with Gasteiger partial charge >= 0.3 is 0 Å². The monoisotopic (exact) mass is 427 g/mol. The third kappa shape index (κ3) is 2.81. The van der Waals surface area contributed by atoms with Crippen LogP contribution in [-0.4, -0.2) is 20.2 Å². The van der Waals surface area contributed by atoms with E-state index in [1.165, 1.54) is 0 Å². The number of nitrogens with two attached hydrogens (primary N) is 1. The maximum absolute atomic E-state index is 6.24. The van der Waals surface area contributed by atoms with E-state index in [0.717, 1.165) is 14.5 Å². The Morgan fingerprint density at radius 1 is 1.10 bits per heavy atom. The van der Waals surface area contributed by atoms with E-state index >= 15 is 0 Å². The number of anilines is 1. The van der Waals surface area contributed by atoms with Crippen molar-refractivity contribution in [1.29, 1.82) is 0 Å².